The van der Waals surface area contributed by atoms with Gasteiger partial charge >= 0.3 is 0 Å². The Hall–Kier alpha value is -0.0800. The number of rotatable bonds is 2. The number of nitrogens with one attached hydrogen (secondary N) is 1. The molecule has 2 saturated heterocycles. The van der Waals surface area contributed by atoms with E-state index in [0.717, 1.165) is 12.1 Å². The predicted molar refractivity (Wildman–Crippen MR) is 55.9 cm³/mol. The first-order chi connectivity index (χ1) is 6.36. The van der Waals surface area contributed by atoms with Crippen molar-refractivity contribution in [1.82, 2.24) is 10.2 Å². The van der Waals surface area contributed by atoms with Crippen LogP contribution in [0.3, 0.4) is 0 Å². The first-order valence-corrected chi connectivity index (χ1v) is 5.80. The van der Waals surface area contributed by atoms with Crippen LogP contribution in [0.15, 0.2) is 0 Å². The Labute approximate surface area is 81.7 Å². The monoisotopic (exact) mass is 182 g/mol. The molecule has 0 aromatic rings. The molecule has 0 radical (unpaired) electrons. The van der Waals surface area contributed by atoms with Gasteiger partial charge in [-0.25, -0.2) is 0 Å². The van der Waals surface area contributed by atoms with Gasteiger partial charge in [0, 0.05) is 12.1 Å². The lowest BCUT2D eigenvalue weighted by Crippen LogP contribution is -2.39. The van der Waals surface area contributed by atoms with Gasteiger partial charge in [-0.2, -0.15) is 0 Å². The van der Waals surface area contributed by atoms with Crippen molar-refractivity contribution in [1.29, 1.82) is 0 Å². The Kier molecular flexibility index (Phi) is 3.23. The van der Waals surface area contributed by atoms with Gasteiger partial charge in [0.2, 0.25) is 0 Å². The Morgan fingerprint density at radius 1 is 1.23 bits per heavy atom. The van der Waals surface area contributed by atoms with Crippen LogP contribution < -0.4 is 5.32 Å². The van der Waals surface area contributed by atoms with E-state index in [2.05, 4.69) is 17.3 Å². The zero-order chi connectivity index (χ0) is 9.10. The molecular formula is C11H22N2. The van der Waals surface area contributed by atoms with E-state index in [1.807, 2.05) is 0 Å². The topological polar surface area (TPSA) is 15.3 Å². The molecule has 0 aromatic heterocycles. The summed E-state index contributed by atoms with van der Waals surface area (Å²) in [5.41, 5.74) is 0. The van der Waals surface area contributed by atoms with Crippen LogP contribution in [-0.4, -0.2) is 37.1 Å². The van der Waals surface area contributed by atoms with Crippen LogP contribution in [0, 0.1) is 0 Å². The second-order valence-electron chi connectivity index (χ2n) is 4.66. The average molecular weight is 182 g/mol. The maximum atomic E-state index is 3.64. The summed E-state index contributed by atoms with van der Waals surface area (Å²) in [6, 6.07) is 1.69. The fraction of sp³-hybridized carbons (Fsp3) is 1.00. The van der Waals surface area contributed by atoms with Crippen molar-refractivity contribution < 1.29 is 0 Å². The molecule has 2 rings (SSSR count). The molecule has 13 heavy (non-hydrogen) atoms. The van der Waals surface area contributed by atoms with Crippen LogP contribution >= 0.6 is 0 Å². The third-order valence-electron chi connectivity index (χ3n) is 3.64. The minimum atomic E-state index is 0.819. The maximum Gasteiger partial charge on any atom is 0.0107 e. The van der Waals surface area contributed by atoms with E-state index in [4.69, 9.17) is 0 Å². The van der Waals surface area contributed by atoms with Crippen molar-refractivity contribution in [3.05, 3.63) is 0 Å². The van der Waals surface area contributed by atoms with Crippen molar-refractivity contribution in [2.24, 2.45) is 0 Å². The van der Waals surface area contributed by atoms with Gasteiger partial charge < -0.3 is 10.2 Å². The van der Waals surface area contributed by atoms with Gasteiger partial charge in [-0.15, -0.1) is 0 Å². The largest absolute Gasteiger partial charge is 0.314 e. The SMILES string of the molecule is CN1CCC[C@H]1C[C@H]1CCCCN1. The molecular weight excluding hydrogens is 160 g/mol. The lowest BCUT2D eigenvalue weighted by Gasteiger charge is -2.28. The van der Waals surface area contributed by atoms with Gasteiger partial charge in [0.05, 0.1) is 0 Å². The van der Waals surface area contributed by atoms with Crippen molar-refractivity contribution >= 4 is 0 Å². The van der Waals surface area contributed by atoms with E-state index in [0.29, 0.717) is 0 Å². The molecule has 2 heterocycles. The molecule has 2 nitrogen and oxygen atoms in total. The third kappa shape index (κ3) is 2.44. The van der Waals surface area contributed by atoms with Crippen molar-refractivity contribution in [2.75, 3.05) is 20.1 Å². The Morgan fingerprint density at radius 3 is 2.77 bits per heavy atom. The normalized spacial score (nSPS) is 36.7. The second-order valence-corrected chi connectivity index (χ2v) is 4.66. The van der Waals surface area contributed by atoms with E-state index in [-0.39, 0.29) is 0 Å². The molecule has 2 atom stereocenters. The quantitative estimate of drug-likeness (QED) is 0.698. The first kappa shape index (κ1) is 9.47. The lowest BCUT2D eigenvalue weighted by atomic mass is 9.97. The second kappa shape index (κ2) is 4.43. The molecule has 2 fully saturated rings. The number of hydrogen-bond acceptors (Lipinski definition) is 2. The number of piperidine rings is 1. The van der Waals surface area contributed by atoms with Gasteiger partial charge in [0.25, 0.3) is 0 Å². The molecule has 0 unspecified atom stereocenters. The van der Waals surface area contributed by atoms with Gasteiger partial charge in [-0.1, -0.05) is 6.42 Å². The van der Waals surface area contributed by atoms with Crippen LogP contribution in [0.1, 0.15) is 38.5 Å². The number of nitrogens with zero attached hydrogens (tertiary/aromatic N) is 1. The Morgan fingerprint density at radius 2 is 2.15 bits per heavy atom. The average Bonchev–Trinajstić information content (AvgIpc) is 2.54. The molecule has 1 N–H and O–H groups in total. The van der Waals surface area contributed by atoms with Gasteiger partial charge in [-0.05, 0) is 52.2 Å². The predicted octanol–water partition coefficient (Wildman–Crippen LogP) is 1.61. The zero-order valence-electron chi connectivity index (χ0n) is 8.76. The Bertz CT molecular complexity index is 152. The van der Waals surface area contributed by atoms with Crippen molar-refractivity contribution in [2.45, 2.75) is 50.6 Å². The highest BCUT2D eigenvalue weighted by atomic mass is 15.1. The Balaban J connectivity index is 1.75. The summed E-state index contributed by atoms with van der Waals surface area (Å²) < 4.78 is 0. The molecule has 2 heteroatoms. The molecule has 76 valence electrons. The van der Waals surface area contributed by atoms with Crippen LogP contribution in [-0.2, 0) is 0 Å². The third-order valence-corrected chi connectivity index (χ3v) is 3.64. The number of likely N-dealkylation sites (tertiary alicyclic amines) is 1. The van der Waals surface area contributed by atoms with Gasteiger partial charge in [0.1, 0.15) is 0 Å². The van der Waals surface area contributed by atoms with Crippen LogP contribution in [0.5, 0.6) is 0 Å². The van der Waals surface area contributed by atoms with Crippen molar-refractivity contribution in [3.63, 3.8) is 0 Å². The summed E-state index contributed by atoms with van der Waals surface area (Å²) in [5.74, 6) is 0. The summed E-state index contributed by atoms with van der Waals surface area (Å²) in [4.78, 5) is 2.54. The molecule has 0 amide bonds. The highest BCUT2D eigenvalue weighted by Crippen LogP contribution is 2.22. The summed E-state index contributed by atoms with van der Waals surface area (Å²) in [6.45, 7) is 2.57. The minimum absolute atomic E-state index is 0.819. The summed E-state index contributed by atoms with van der Waals surface area (Å²) >= 11 is 0. The first-order valence-electron chi connectivity index (χ1n) is 5.80. The summed E-state index contributed by atoms with van der Waals surface area (Å²) in [5, 5.41) is 3.64. The zero-order valence-corrected chi connectivity index (χ0v) is 8.76. The molecule has 2 aliphatic heterocycles. The molecule has 0 bridgehead atoms. The molecule has 0 aliphatic carbocycles. The fourth-order valence-electron chi connectivity index (χ4n) is 2.73. The molecule has 0 saturated carbocycles. The highest BCUT2D eigenvalue weighted by Gasteiger charge is 2.24. The molecule has 2 aliphatic rings. The van der Waals surface area contributed by atoms with Gasteiger partial charge in [0.15, 0.2) is 0 Å². The lowest BCUT2D eigenvalue weighted by molar-refractivity contribution is 0.252. The fourth-order valence-corrected chi connectivity index (χ4v) is 2.73. The van der Waals surface area contributed by atoms with E-state index in [1.165, 1.54) is 51.6 Å². The summed E-state index contributed by atoms with van der Waals surface area (Å²) in [7, 11) is 2.28. The summed E-state index contributed by atoms with van der Waals surface area (Å²) in [6.07, 6.45) is 8.45. The van der Waals surface area contributed by atoms with E-state index < -0.39 is 0 Å². The van der Waals surface area contributed by atoms with Crippen LogP contribution in [0.4, 0.5) is 0 Å². The standard InChI is InChI=1S/C11H22N2/c1-13-8-4-6-11(13)9-10-5-2-3-7-12-10/h10-12H,2-9H2,1H3/t10-,11+/m1/s1. The minimum Gasteiger partial charge on any atom is -0.314 e. The maximum absolute atomic E-state index is 3.64. The molecule has 0 aromatic carbocycles. The van der Waals surface area contributed by atoms with E-state index in [1.54, 1.807) is 0 Å². The molecule has 0 spiro atoms. The van der Waals surface area contributed by atoms with Crippen LogP contribution in [0.25, 0.3) is 0 Å². The number of hydrogen-bond donors (Lipinski definition) is 1. The van der Waals surface area contributed by atoms with Gasteiger partial charge in [-0.3, -0.25) is 0 Å². The smallest absolute Gasteiger partial charge is 0.0107 e. The van der Waals surface area contributed by atoms with E-state index >= 15 is 0 Å². The highest BCUT2D eigenvalue weighted by molar-refractivity contribution is 4.83. The van der Waals surface area contributed by atoms with Crippen LogP contribution in [0.2, 0.25) is 0 Å². The van der Waals surface area contributed by atoms with Crippen molar-refractivity contribution in [3.8, 4) is 0 Å². The van der Waals surface area contributed by atoms with E-state index in [9.17, 15) is 0 Å².